The van der Waals surface area contributed by atoms with Gasteiger partial charge in [-0.05, 0) is 19.4 Å². The summed E-state index contributed by atoms with van der Waals surface area (Å²) in [4.78, 5) is 12.3. The second kappa shape index (κ2) is 11.0. The Morgan fingerprint density at radius 3 is 2.53 bits per heavy atom. The monoisotopic (exact) mass is 287 g/mol. The normalized spacial score (nSPS) is 24.8. The van der Waals surface area contributed by atoms with Crippen molar-refractivity contribution in [2.75, 3.05) is 20.1 Å². The van der Waals surface area contributed by atoms with Gasteiger partial charge in [0.25, 0.3) is 0 Å². The molecule has 0 bridgehead atoms. The topological polar surface area (TPSA) is 32.3 Å². The van der Waals surface area contributed by atoms with E-state index in [9.17, 15) is 4.79 Å². The molecule has 1 saturated heterocycles. The van der Waals surface area contributed by atoms with Crippen LogP contribution in [0.2, 0.25) is 0 Å². The van der Waals surface area contributed by atoms with Gasteiger partial charge >= 0.3 is 0 Å². The van der Waals surface area contributed by atoms with Crippen LogP contribution >= 0.6 is 0 Å². The molecule has 1 aliphatic heterocycles. The molecule has 1 aliphatic rings. The van der Waals surface area contributed by atoms with E-state index in [4.69, 9.17) is 0 Å². The van der Waals surface area contributed by atoms with Crippen molar-refractivity contribution < 1.29 is 37.5 Å². The molecule has 0 unspecified atom stereocenters. The zero-order chi connectivity index (χ0) is 11.0. The predicted molar refractivity (Wildman–Crippen MR) is 59.5 cm³/mol. The zero-order valence-corrected chi connectivity index (χ0v) is 13.0. The van der Waals surface area contributed by atoms with Gasteiger partial charge in [-0.3, -0.25) is 0 Å². The minimum atomic E-state index is 0. The second-order valence-electron chi connectivity index (χ2n) is 3.59. The Kier molecular flexibility index (Phi) is 13.2. The van der Waals surface area contributed by atoms with Gasteiger partial charge in [-0.1, -0.05) is 13.3 Å². The summed E-state index contributed by atoms with van der Waals surface area (Å²) in [5.41, 5.74) is 0. The fourth-order valence-electron chi connectivity index (χ4n) is 1.89. The van der Waals surface area contributed by atoms with Crippen molar-refractivity contribution in [3.8, 4) is 0 Å². The Morgan fingerprint density at radius 2 is 2.13 bits per heavy atom. The molecule has 0 aromatic heterocycles. The van der Waals surface area contributed by atoms with Crippen LogP contribution in [0.3, 0.4) is 0 Å². The Hall–Kier alpha value is 0.534. The standard InChI is InChI=1S/C9H17N2O.C2H5.Y/c1-3-8-4-9(5-10-7-12)11(2)6-8;1-2;/h8-9H,3-6H2,1-2H3,(H,10,12);1H2,2H3;/q2*-1;/t8-,9+;;/m1../s1. The Morgan fingerprint density at radius 1 is 1.53 bits per heavy atom. The van der Waals surface area contributed by atoms with Crippen molar-refractivity contribution in [1.29, 1.82) is 0 Å². The first kappa shape index (κ1) is 17.9. The van der Waals surface area contributed by atoms with Gasteiger partial charge in [0.1, 0.15) is 0 Å². The molecule has 0 saturated carbocycles. The first-order valence-corrected chi connectivity index (χ1v) is 5.28. The van der Waals surface area contributed by atoms with Crippen LogP contribution in [0.5, 0.6) is 0 Å². The maximum atomic E-state index is 9.96. The van der Waals surface area contributed by atoms with Crippen molar-refractivity contribution in [3.63, 3.8) is 0 Å². The summed E-state index contributed by atoms with van der Waals surface area (Å²) in [5, 5.41) is 2.62. The summed E-state index contributed by atoms with van der Waals surface area (Å²) in [6.07, 6.45) is 4.17. The van der Waals surface area contributed by atoms with Gasteiger partial charge in [-0.15, -0.1) is 0 Å². The summed E-state index contributed by atoms with van der Waals surface area (Å²) in [6, 6.07) is 0.524. The van der Waals surface area contributed by atoms with Crippen LogP contribution in [0, 0.1) is 12.8 Å². The van der Waals surface area contributed by atoms with Crippen LogP contribution in [-0.2, 0) is 37.5 Å². The molecule has 1 amide bonds. The number of hydrogen-bond donors (Lipinski definition) is 1. The molecule has 1 radical (unpaired) electrons. The molecule has 1 heterocycles. The molecule has 3 nitrogen and oxygen atoms in total. The number of nitrogens with zero attached hydrogens (tertiary/aromatic N) is 1. The number of amides is 1. The minimum Gasteiger partial charge on any atom is -0.529 e. The molecule has 87 valence electrons. The fourth-order valence-corrected chi connectivity index (χ4v) is 1.89. The SMILES string of the molecule is CC[C@@H]1C[C@@H](CN[C-]=O)N(C)C1.[CH2-]C.[Y]. The molecule has 0 aromatic carbocycles. The van der Waals surface area contributed by atoms with Crippen molar-refractivity contribution in [3.05, 3.63) is 6.92 Å². The molecule has 15 heavy (non-hydrogen) atoms. The zero-order valence-electron chi connectivity index (χ0n) is 10.1. The summed E-state index contributed by atoms with van der Waals surface area (Å²) >= 11 is 0. The first-order chi connectivity index (χ1) is 6.77. The first-order valence-electron chi connectivity index (χ1n) is 5.28. The Labute approximate surface area is 119 Å². The van der Waals surface area contributed by atoms with E-state index >= 15 is 0 Å². The van der Waals surface area contributed by atoms with E-state index in [-0.39, 0.29) is 32.7 Å². The maximum Gasteiger partial charge on any atom is 0.0244 e. The third-order valence-corrected chi connectivity index (χ3v) is 2.76. The van der Waals surface area contributed by atoms with Gasteiger partial charge in [0.15, 0.2) is 0 Å². The summed E-state index contributed by atoms with van der Waals surface area (Å²) < 4.78 is 0. The fraction of sp³-hybridized carbons (Fsp3) is 0.818. The molecule has 1 N–H and O–H groups in total. The largest absolute Gasteiger partial charge is 0.529 e. The van der Waals surface area contributed by atoms with E-state index in [2.05, 4.69) is 31.1 Å². The van der Waals surface area contributed by atoms with E-state index in [1.165, 1.54) is 19.4 Å². The third kappa shape index (κ3) is 6.65. The predicted octanol–water partition coefficient (Wildman–Crippen LogP) is 1.21. The average Bonchev–Trinajstić information content (AvgIpc) is 2.59. The quantitative estimate of drug-likeness (QED) is 0.623. The van der Waals surface area contributed by atoms with Gasteiger partial charge in [-0.25, -0.2) is 0 Å². The molecule has 0 aliphatic carbocycles. The van der Waals surface area contributed by atoms with Crippen molar-refractivity contribution >= 4 is 6.41 Å². The van der Waals surface area contributed by atoms with Crippen LogP contribution in [-0.4, -0.2) is 37.5 Å². The van der Waals surface area contributed by atoms with E-state index in [0.29, 0.717) is 6.04 Å². The van der Waals surface area contributed by atoms with Gasteiger partial charge in [0.2, 0.25) is 0 Å². The minimum absolute atomic E-state index is 0. The average molecular weight is 287 g/mol. The summed E-state index contributed by atoms with van der Waals surface area (Å²) in [7, 11) is 2.12. The number of carbonyl (C=O) groups excluding carboxylic acids is 1. The molecule has 4 heteroatoms. The number of hydrogen-bond acceptors (Lipinski definition) is 2. The van der Waals surface area contributed by atoms with Crippen LogP contribution < -0.4 is 5.32 Å². The Bertz CT molecular complexity index is 156. The van der Waals surface area contributed by atoms with E-state index in [1.807, 2.05) is 0 Å². The van der Waals surface area contributed by atoms with Gasteiger partial charge in [0.05, 0.1) is 0 Å². The van der Waals surface area contributed by atoms with Gasteiger partial charge < -0.3 is 21.9 Å². The molecule has 1 rings (SSSR count). The van der Waals surface area contributed by atoms with Crippen LogP contribution in [0.4, 0.5) is 0 Å². The number of likely N-dealkylation sites (tertiary alicyclic amines) is 1. The summed E-state index contributed by atoms with van der Waals surface area (Å²) in [5.74, 6) is 0.813. The van der Waals surface area contributed by atoms with Crippen LogP contribution in [0.15, 0.2) is 0 Å². The van der Waals surface area contributed by atoms with E-state index in [0.717, 1.165) is 12.5 Å². The molecule has 1 fully saturated rings. The molecule has 0 aromatic rings. The van der Waals surface area contributed by atoms with Crippen molar-refractivity contribution in [2.24, 2.45) is 5.92 Å². The summed E-state index contributed by atoms with van der Waals surface area (Å²) in [6.45, 7) is 9.14. The molecular weight excluding hydrogens is 265 g/mol. The van der Waals surface area contributed by atoms with Gasteiger partial charge in [0, 0.05) is 51.8 Å². The molecular formula is C11H22N2OY-2. The maximum absolute atomic E-state index is 9.96. The van der Waals surface area contributed by atoms with E-state index < -0.39 is 0 Å². The number of rotatable bonds is 4. The molecule has 0 spiro atoms. The number of nitrogens with one attached hydrogen (secondary N) is 1. The molecule has 2 atom stereocenters. The van der Waals surface area contributed by atoms with Crippen molar-refractivity contribution in [1.82, 2.24) is 10.2 Å². The number of likely N-dealkylation sites (N-methyl/N-ethyl adjacent to an activating group) is 1. The second-order valence-corrected chi connectivity index (χ2v) is 3.59. The van der Waals surface area contributed by atoms with E-state index in [1.54, 1.807) is 13.3 Å². The smallest absolute Gasteiger partial charge is 0.0244 e. The third-order valence-electron chi connectivity index (χ3n) is 2.76. The van der Waals surface area contributed by atoms with Crippen molar-refractivity contribution in [2.45, 2.75) is 32.7 Å². The van der Waals surface area contributed by atoms with Crippen LogP contribution in [0.25, 0.3) is 0 Å². The Balaban J connectivity index is 0. The van der Waals surface area contributed by atoms with Gasteiger partial charge in [-0.2, -0.15) is 13.3 Å². The van der Waals surface area contributed by atoms with Crippen LogP contribution in [0.1, 0.15) is 26.7 Å².